The second kappa shape index (κ2) is 7.76. The predicted molar refractivity (Wildman–Crippen MR) is 101 cm³/mol. The summed E-state index contributed by atoms with van der Waals surface area (Å²) in [5.41, 5.74) is 2.46. The molecule has 0 bridgehead atoms. The van der Waals surface area contributed by atoms with Crippen molar-refractivity contribution in [3.63, 3.8) is 0 Å². The van der Waals surface area contributed by atoms with Crippen LogP contribution in [0.4, 0.5) is 17.5 Å². The normalized spacial score (nSPS) is 10.3. The Kier molecular flexibility index (Phi) is 5.25. The summed E-state index contributed by atoms with van der Waals surface area (Å²) in [5.74, 6) is -0.166. The number of halogens is 1. The molecule has 0 unspecified atom stereocenters. The van der Waals surface area contributed by atoms with E-state index < -0.39 is 5.97 Å². The lowest BCUT2D eigenvalue weighted by Gasteiger charge is -2.11. The molecule has 0 amide bonds. The van der Waals surface area contributed by atoms with Gasteiger partial charge in [0.05, 0.1) is 11.4 Å². The van der Waals surface area contributed by atoms with Crippen molar-refractivity contribution in [3.05, 3.63) is 65.1 Å². The second-order valence-corrected chi connectivity index (χ2v) is 6.03. The smallest absolute Gasteiger partial charge is 0.322 e. The Morgan fingerprint density at radius 3 is 2.48 bits per heavy atom. The molecule has 2 aromatic carbocycles. The molecule has 1 heterocycles. The van der Waals surface area contributed by atoms with Crippen molar-refractivity contribution in [1.29, 1.82) is 0 Å². The predicted octanol–water partition coefficient (Wildman–Crippen LogP) is 4.15. The van der Waals surface area contributed by atoms with Crippen LogP contribution >= 0.6 is 15.9 Å². The lowest BCUT2D eigenvalue weighted by Crippen LogP contribution is -2.15. The molecule has 3 rings (SSSR count). The summed E-state index contributed by atoms with van der Waals surface area (Å²) in [7, 11) is 0. The van der Waals surface area contributed by atoms with Crippen LogP contribution in [0.2, 0.25) is 0 Å². The van der Waals surface area contributed by atoms with Crippen LogP contribution in [0.5, 0.6) is 0 Å². The molecule has 0 saturated heterocycles. The number of carboxylic acid groups (broad SMARTS) is 1. The molecule has 0 aliphatic rings. The fourth-order valence-corrected chi connectivity index (χ4v) is 2.59. The summed E-state index contributed by atoms with van der Waals surface area (Å²) in [4.78, 5) is 19.6. The first kappa shape index (κ1) is 16.9. The van der Waals surface area contributed by atoms with Crippen LogP contribution in [-0.4, -0.2) is 27.6 Å². The summed E-state index contributed by atoms with van der Waals surface area (Å²) >= 11 is 3.49. The Labute approximate surface area is 153 Å². The first-order valence-corrected chi connectivity index (χ1v) is 8.33. The van der Waals surface area contributed by atoms with E-state index in [1.807, 2.05) is 60.7 Å². The first-order valence-electron chi connectivity index (χ1n) is 7.53. The van der Waals surface area contributed by atoms with E-state index in [1.54, 1.807) is 0 Å². The van der Waals surface area contributed by atoms with Crippen LogP contribution < -0.4 is 10.6 Å². The maximum absolute atomic E-state index is 10.8. The van der Waals surface area contributed by atoms with Gasteiger partial charge in [0.1, 0.15) is 12.4 Å². The van der Waals surface area contributed by atoms with Crippen molar-refractivity contribution >= 4 is 39.4 Å². The van der Waals surface area contributed by atoms with Gasteiger partial charge >= 0.3 is 5.97 Å². The molecule has 0 atom stereocenters. The fourth-order valence-electron chi connectivity index (χ4n) is 2.20. The lowest BCUT2D eigenvalue weighted by atomic mass is 10.1. The van der Waals surface area contributed by atoms with Gasteiger partial charge in [0.15, 0.2) is 0 Å². The SMILES string of the molecule is O=C(O)CNc1nc(Nc2ccccc2Br)cc(-c2ccccc2)n1. The van der Waals surface area contributed by atoms with Crippen molar-refractivity contribution < 1.29 is 9.90 Å². The van der Waals surface area contributed by atoms with Gasteiger partial charge in [-0.25, -0.2) is 4.98 Å². The number of hydrogen-bond donors (Lipinski definition) is 3. The number of aromatic nitrogens is 2. The van der Waals surface area contributed by atoms with Gasteiger partial charge in [-0.1, -0.05) is 42.5 Å². The highest BCUT2D eigenvalue weighted by molar-refractivity contribution is 9.10. The third-order valence-electron chi connectivity index (χ3n) is 3.33. The van der Waals surface area contributed by atoms with E-state index in [1.165, 1.54) is 0 Å². The van der Waals surface area contributed by atoms with Gasteiger partial charge in [-0.2, -0.15) is 4.98 Å². The molecular formula is C18H15BrN4O2. The van der Waals surface area contributed by atoms with Gasteiger partial charge in [-0.15, -0.1) is 0 Å². The van der Waals surface area contributed by atoms with E-state index in [0.29, 0.717) is 11.5 Å². The third-order valence-corrected chi connectivity index (χ3v) is 4.02. The van der Waals surface area contributed by atoms with Crippen LogP contribution in [0.1, 0.15) is 0 Å². The number of hydrogen-bond acceptors (Lipinski definition) is 5. The first-order chi connectivity index (χ1) is 12.1. The molecule has 0 radical (unpaired) electrons. The van der Waals surface area contributed by atoms with Gasteiger partial charge < -0.3 is 15.7 Å². The Morgan fingerprint density at radius 2 is 1.76 bits per heavy atom. The molecule has 0 aliphatic heterocycles. The zero-order valence-corrected chi connectivity index (χ0v) is 14.7. The number of anilines is 3. The Balaban J connectivity index is 1.97. The fraction of sp³-hybridized carbons (Fsp3) is 0.0556. The highest BCUT2D eigenvalue weighted by Crippen LogP contribution is 2.27. The standard InChI is InChI=1S/C18H15BrN4O2/c19-13-8-4-5-9-14(13)21-16-10-15(12-6-2-1-3-7-12)22-18(23-16)20-11-17(24)25/h1-10H,11H2,(H,24,25)(H2,20,21,22,23). The maximum Gasteiger partial charge on any atom is 0.322 e. The molecule has 126 valence electrons. The average molecular weight is 399 g/mol. The summed E-state index contributed by atoms with van der Waals surface area (Å²) in [6.07, 6.45) is 0. The third kappa shape index (κ3) is 4.54. The molecule has 0 fully saturated rings. The zero-order valence-electron chi connectivity index (χ0n) is 13.1. The van der Waals surface area contributed by atoms with Gasteiger partial charge in [0.25, 0.3) is 0 Å². The van der Waals surface area contributed by atoms with Gasteiger partial charge in [-0.05, 0) is 28.1 Å². The monoisotopic (exact) mass is 398 g/mol. The lowest BCUT2D eigenvalue weighted by molar-refractivity contribution is -0.134. The highest BCUT2D eigenvalue weighted by atomic mass is 79.9. The van der Waals surface area contributed by atoms with E-state index in [-0.39, 0.29) is 12.5 Å². The second-order valence-electron chi connectivity index (χ2n) is 5.18. The molecule has 0 aliphatic carbocycles. The molecule has 25 heavy (non-hydrogen) atoms. The van der Waals surface area contributed by atoms with Crippen LogP contribution in [0.3, 0.4) is 0 Å². The van der Waals surface area contributed by atoms with Gasteiger partial charge in [-0.3, -0.25) is 4.79 Å². The maximum atomic E-state index is 10.8. The molecule has 0 spiro atoms. The average Bonchev–Trinajstić information content (AvgIpc) is 2.62. The number of aliphatic carboxylic acids is 1. The minimum Gasteiger partial charge on any atom is -0.480 e. The highest BCUT2D eigenvalue weighted by Gasteiger charge is 2.09. The van der Waals surface area contributed by atoms with Crippen molar-refractivity contribution in [3.8, 4) is 11.3 Å². The summed E-state index contributed by atoms with van der Waals surface area (Å²) in [6, 6.07) is 19.1. The van der Waals surface area contributed by atoms with Crippen LogP contribution in [0.15, 0.2) is 65.1 Å². The molecule has 0 saturated carbocycles. The van der Waals surface area contributed by atoms with E-state index in [0.717, 1.165) is 15.7 Å². The Bertz CT molecular complexity index is 887. The Morgan fingerprint density at radius 1 is 1.04 bits per heavy atom. The van der Waals surface area contributed by atoms with Gasteiger partial charge in [0, 0.05) is 16.1 Å². The number of carbonyl (C=O) groups is 1. The number of rotatable bonds is 6. The molecular weight excluding hydrogens is 384 g/mol. The topological polar surface area (TPSA) is 87.1 Å². The number of para-hydroxylation sites is 1. The summed E-state index contributed by atoms with van der Waals surface area (Å²) in [5, 5.41) is 14.8. The minimum atomic E-state index is -0.978. The zero-order chi connectivity index (χ0) is 17.6. The van der Waals surface area contributed by atoms with Crippen LogP contribution in [-0.2, 0) is 4.79 Å². The molecule has 6 nitrogen and oxygen atoms in total. The van der Waals surface area contributed by atoms with E-state index in [2.05, 4.69) is 36.5 Å². The van der Waals surface area contributed by atoms with E-state index >= 15 is 0 Å². The Hall–Kier alpha value is -2.93. The summed E-state index contributed by atoms with van der Waals surface area (Å²) in [6.45, 7) is -0.257. The molecule has 1 aromatic heterocycles. The van der Waals surface area contributed by atoms with E-state index in [9.17, 15) is 4.79 Å². The molecule has 7 heteroatoms. The number of nitrogens with one attached hydrogen (secondary N) is 2. The van der Waals surface area contributed by atoms with Crippen LogP contribution in [0, 0.1) is 0 Å². The van der Waals surface area contributed by atoms with Crippen molar-refractivity contribution in [2.75, 3.05) is 17.2 Å². The van der Waals surface area contributed by atoms with Crippen LogP contribution in [0.25, 0.3) is 11.3 Å². The number of benzene rings is 2. The van der Waals surface area contributed by atoms with E-state index in [4.69, 9.17) is 5.11 Å². The van der Waals surface area contributed by atoms with Crippen molar-refractivity contribution in [2.45, 2.75) is 0 Å². The van der Waals surface area contributed by atoms with Crippen molar-refractivity contribution in [2.24, 2.45) is 0 Å². The molecule has 3 N–H and O–H groups in total. The largest absolute Gasteiger partial charge is 0.480 e. The van der Waals surface area contributed by atoms with Gasteiger partial charge in [0.2, 0.25) is 5.95 Å². The number of nitrogens with zero attached hydrogens (tertiary/aromatic N) is 2. The minimum absolute atomic E-state index is 0.248. The summed E-state index contributed by atoms with van der Waals surface area (Å²) < 4.78 is 0.898. The number of carboxylic acids is 1. The quantitative estimate of drug-likeness (QED) is 0.578. The molecule has 3 aromatic rings. The van der Waals surface area contributed by atoms with Crippen molar-refractivity contribution in [1.82, 2.24) is 9.97 Å².